The highest BCUT2D eigenvalue weighted by molar-refractivity contribution is 7.27. The normalized spacial score (nSPS) is 11.8. The summed E-state index contributed by atoms with van der Waals surface area (Å²) < 4.78 is 10.1. The van der Waals surface area contributed by atoms with Crippen LogP contribution < -0.4 is 0 Å². The molecular weight excluding hydrogens is 1440 g/mol. The zero-order chi connectivity index (χ0) is 73.7. The summed E-state index contributed by atoms with van der Waals surface area (Å²) in [7, 11) is 0. The maximum atomic E-state index is 5.36. The van der Waals surface area contributed by atoms with Crippen molar-refractivity contribution in [2.75, 3.05) is 0 Å². The number of rotatable bonds is 10. The van der Waals surface area contributed by atoms with Crippen LogP contribution in [-0.2, 0) is 0 Å². The van der Waals surface area contributed by atoms with Crippen LogP contribution in [0.3, 0.4) is 0 Å². The molecule has 0 aliphatic carbocycles. The largest absolute Gasteiger partial charge is 0.246 e. The number of nitrogens with zero attached hydrogens (tertiary/aromatic N) is 6. The number of aromatic nitrogens is 6. The van der Waals surface area contributed by atoms with Gasteiger partial charge in [-0.2, -0.15) is 0 Å². The Morgan fingerprint density at radius 2 is 0.518 bits per heavy atom. The average molecular weight is 1500 g/mol. The van der Waals surface area contributed by atoms with Crippen LogP contribution in [0.2, 0.25) is 0 Å². The van der Waals surface area contributed by atoms with Gasteiger partial charge >= 0.3 is 0 Å². The van der Waals surface area contributed by atoms with Gasteiger partial charge in [0.1, 0.15) is 0 Å². The molecule has 0 bridgehead atoms. The van der Waals surface area contributed by atoms with Crippen molar-refractivity contribution in [2.24, 2.45) is 0 Å². The molecular formula is C102H60N6S4. The van der Waals surface area contributed by atoms with E-state index in [2.05, 4.69) is 346 Å². The van der Waals surface area contributed by atoms with E-state index in [-0.39, 0.29) is 0 Å². The highest BCUT2D eigenvalue weighted by atomic mass is 32.1. The van der Waals surface area contributed by atoms with Crippen LogP contribution >= 0.6 is 45.3 Å². The smallest absolute Gasteiger partial charge is 0.160 e. The van der Waals surface area contributed by atoms with Crippen molar-refractivity contribution in [3.63, 3.8) is 0 Å². The number of benzene rings is 15. The Bertz CT molecular complexity index is 7690. The van der Waals surface area contributed by atoms with E-state index in [1.807, 2.05) is 63.5 Å². The summed E-state index contributed by atoms with van der Waals surface area (Å²) >= 11 is 7.32. The van der Waals surface area contributed by atoms with Crippen molar-refractivity contribution >= 4 is 159 Å². The average Bonchev–Trinajstić information content (AvgIpc) is 1.53. The van der Waals surface area contributed by atoms with Gasteiger partial charge in [0.05, 0.1) is 54.6 Å². The van der Waals surface area contributed by atoms with Crippen LogP contribution in [0.25, 0.3) is 226 Å². The third-order valence-electron chi connectivity index (χ3n) is 21.7. The van der Waals surface area contributed by atoms with Gasteiger partial charge < -0.3 is 0 Å². The molecule has 23 aromatic rings. The van der Waals surface area contributed by atoms with Crippen molar-refractivity contribution in [1.29, 1.82) is 0 Å². The lowest BCUT2D eigenvalue weighted by Crippen LogP contribution is -1.97. The molecule has 8 aromatic heterocycles. The summed E-state index contributed by atoms with van der Waals surface area (Å²) in [5.41, 5.74) is 20.7. The summed E-state index contributed by atoms with van der Waals surface area (Å²) in [5.74, 6) is 1.40. The zero-order valence-corrected chi connectivity index (χ0v) is 63.2. The molecule has 0 saturated carbocycles. The van der Waals surface area contributed by atoms with Crippen LogP contribution in [0.15, 0.2) is 364 Å². The Balaban J connectivity index is 0.000000139. The van der Waals surface area contributed by atoms with Gasteiger partial charge in [-0.25, -0.2) is 29.9 Å². The summed E-state index contributed by atoms with van der Waals surface area (Å²) in [5, 5.41) is 14.9. The second kappa shape index (κ2) is 27.2. The van der Waals surface area contributed by atoms with Gasteiger partial charge in [-0.15, -0.1) is 45.3 Å². The maximum Gasteiger partial charge on any atom is 0.160 e. The van der Waals surface area contributed by atoms with E-state index < -0.39 is 0 Å². The molecule has 0 unspecified atom stereocenters. The van der Waals surface area contributed by atoms with Gasteiger partial charge in [-0.05, 0) is 81.6 Å². The van der Waals surface area contributed by atoms with E-state index in [0.29, 0.717) is 11.6 Å². The Labute approximate surface area is 659 Å². The van der Waals surface area contributed by atoms with Crippen molar-refractivity contribution < 1.29 is 0 Å². The molecule has 0 amide bonds. The number of thiophene rings is 4. The minimum absolute atomic E-state index is 0.684. The minimum atomic E-state index is 0.684. The fourth-order valence-corrected chi connectivity index (χ4v) is 21.3. The molecule has 6 nitrogen and oxygen atoms in total. The highest BCUT2D eigenvalue weighted by Gasteiger charge is 2.24. The molecule has 23 rings (SSSR count). The number of hydrogen-bond acceptors (Lipinski definition) is 10. The lowest BCUT2D eigenvalue weighted by molar-refractivity contribution is 1.18. The van der Waals surface area contributed by atoms with Gasteiger partial charge in [0.25, 0.3) is 0 Å². The van der Waals surface area contributed by atoms with E-state index >= 15 is 0 Å². The molecule has 15 aromatic carbocycles. The maximum absolute atomic E-state index is 5.36. The minimum Gasteiger partial charge on any atom is -0.246 e. The predicted octanol–water partition coefficient (Wildman–Crippen LogP) is 29.3. The molecule has 0 fully saturated rings. The number of fused-ring (bicyclic) bond motifs is 17. The first-order valence-corrected chi connectivity index (χ1v) is 40.7. The second-order valence-corrected chi connectivity index (χ2v) is 32.4. The zero-order valence-electron chi connectivity index (χ0n) is 60.0. The van der Waals surface area contributed by atoms with Gasteiger partial charge in [0.15, 0.2) is 11.6 Å². The van der Waals surface area contributed by atoms with Gasteiger partial charge in [-0.1, -0.05) is 315 Å². The molecule has 0 saturated heterocycles. The molecule has 0 atom stereocenters. The van der Waals surface area contributed by atoms with Crippen LogP contribution in [0, 0.1) is 0 Å². The van der Waals surface area contributed by atoms with E-state index in [9.17, 15) is 0 Å². The summed E-state index contributed by atoms with van der Waals surface area (Å²) in [6.07, 6.45) is 0. The number of pyridine rings is 2. The van der Waals surface area contributed by atoms with E-state index in [0.717, 1.165) is 112 Å². The molecule has 8 heterocycles. The third-order valence-corrected chi connectivity index (χ3v) is 26.4. The number of para-hydroxylation sites is 2. The van der Waals surface area contributed by atoms with E-state index in [4.69, 9.17) is 29.9 Å². The first-order chi connectivity index (χ1) is 55.5. The van der Waals surface area contributed by atoms with Crippen LogP contribution in [0.1, 0.15) is 0 Å². The number of hydrogen-bond donors (Lipinski definition) is 0. The SMILES string of the molecule is c1ccc(-c2ccccc2-c2cc(-c3ccc(-c4nc5ccccc5c5c4sc4ccccc45)cc3)nc(-c3ccc(-c4cccc5c4sc4ccccc45)cc3)n2)cc1.c1ccc(-c2nc(-c3ccc(-c4nc5ccccc5c5c4sc4ccccc45)c4ccccc34)cc(-c3cccc4c3sc3ccccc34)n2)cc1. The molecule has 112 heavy (non-hydrogen) atoms. The monoisotopic (exact) mass is 1500 g/mol. The topological polar surface area (TPSA) is 77.3 Å². The van der Waals surface area contributed by atoms with Crippen molar-refractivity contribution in [3.8, 4) is 113 Å². The second-order valence-electron chi connectivity index (χ2n) is 28.2. The lowest BCUT2D eigenvalue weighted by atomic mass is 9.94. The summed E-state index contributed by atoms with van der Waals surface area (Å²) in [6, 6.07) is 129. The first-order valence-electron chi connectivity index (χ1n) is 37.5. The van der Waals surface area contributed by atoms with Crippen molar-refractivity contribution in [2.45, 2.75) is 0 Å². The molecule has 0 N–H and O–H groups in total. The Hall–Kier alpha value is -13.6. The molecule has 0 aliphatic rings. The highest BCUT2D eigenvalue weighted by Crippen LogP contribution is 2.49. The quantitative estimate of drug-likeness (QED) is 0.136. The van der Waals surface area contributed by atoms with Gasteiger partial charge in [0, 0.05) is 127 Å². The Morgan fingerprint density at radius 3 is 1.12 bits per heavy atom. The fourth-order valence-electron chi connectivity index (χ4n) is 16.4. The van der Waals surface area contributed by atoms with E-state index in [1.165, 1.54) is 103 Å². The fraction of sp³-hybridized carbons (Fsp3) is 0. The van der Waals surface area contributed by atoms with Crippen molar-refractivity contribution in [1.82, 2.24) is 29.9 Å². The van der Waals surface area contributed by atoms with Gasteiger partial charge in [-0.3, -0.25) is 0 Å². The van der Waals surface area contributed by atoms with Crippen LogP contribution in [0.4, 0.5) is 0 Å². The molecule has 10 heteroatoms. The lowest BCUT2D eigenvalue weighted by Gasteiger charge is -2.15. The summed E-state index contributed by atoms with van der Waals surface area (Å²) in [4.78, 5) is 31.7. The van der Waals surface area contributed by atoms with Crippen molar-refractivity contribution in [3.05, 3.63) is 364 Å². The molecule has 0 aliphatic heterocycles. The predicted molar refractivity (Wildman–Crippen MR) is 478 cm³/mol. The molecule has 0 radical (unpaired) electrons. The van der Waals surface area contributed by atoms with Gasteiger partial charge in [0.2, 0.25) is 0 Å². The van der Waals surface area contributed by atoms with Crippen LogP contribution in [-0.4, -0.2) is 29.9 Å². The molecule has 0 spiro atoms. The molecule has 522 valence electrons. The first kappa shape index (κ1) is 65.5. The Morgan fingerprint density at radius 1 is 0.170 bits per heavy atom. The third kappa shape index (κ3) is 11.2. The van der Waals surface area contributed by atoms with Crippen LogP contribution in [0.5, 0.6) is 0 Å². The standard InChI is InChI=1S/C55H33N3S2.C47H27N3S2/c1-2-13-34(14-3-1)39-15-4-5-16-41(39)48-33-47(57-55(58-48)38-31-25-35(26-32-38)40-20-12-21-43-42-17-7-10-23-49(42)59-53(40)43)36-27-29-37(30-28-36)52-54-51(44-18-6-9-22-46(44)56-52)45-19-8-11-24-50(45)60-54;1-2-13-28(14-3-1)47-49-39(27-40(50-47)36-21-12-20-34-32-17-7-10-23-41(32)51-45(34)36)31-25-26-33(30-16-5-4-15-29(30)31)44-46-43(35-18-6-9-22-38(35)48-44)37-19-8-11-24-42(37)52-46/h1-33H;1-27H. The Kier molecular flexibility index (Phi) is 15.9. The van der Waals surface area contributed by atoms with E-state index in [1.54, 1.807) is 0 Å². The summed E-state index contributed by atoms with van der Waals surface area (Å²) in [6.45, 7) is 0.